The van der Waals surface area contributed by atoms with Gasteiger partial charge in [-0.3, -0.25) is 0 Å². The fraction of sp³-hybridized carbons (Fsp3) is 0.308. The molecule has 0 saturated carbocycles. The first-order valence-electron chi connectivity index (χ1n) is 11.4. The summed E-state index contributed by atoms with van der Waals surface area (Å²) >= 11 is 0. The molecule has 1 fully saturated rings. The van der Waals surface area contributed by atoms with E-state index >= 15 is 0 Å². The van der Waals surface area contributed by atoms with E-state index in [1.165, 1.54) is 5.69 Å². The smallest absolute Gasteiger partial charge is 0.227 e. The molecule has 7 heteroatoms. The highest BCUT2D eigenvalue weighted by Gasteiger charge is 2.16. The molecule has 1 saturated heterocycles. The molecule has 5 rings (SSSR count). The van der Waals surface area contributed by atoms with Crippen molar-refractivity contribution < 1.29 is 14.2 Å². The largest absolute Gasteiger partial charge is 0.493 e. The molecule has 6 bridgehead atoms. The summed E-state index contributed by atoms with van der Waals surface area (Å²) < 4.78 is 17.4. The van der Waals surface area contributed by atoms with Gasteiger partial charge in [-0.1, -0.05) is 24.3 Å². The zero-order chi connectivity index (χ0) is 22.3. The van der Waals surface area contributed by atoms with Crippen LogP contribution in [0.2, 0.25) is 0 Å². The predicted octanol–water partition coefficient (Wildman–Crippen LogP) is 4.58. The van der Waals surface area contributed by atoms with Crippen LogP contribution in [0.15, 0.2) is 66.9 Å². The molecule has 0 atom stereocenters. The fourth-order valence-corrected chi connectivity index (χ4v) is 4.01. The second kappa shape index (κ2) is 10.5. The number of nitrogens with zero attached hydrogens (tertiary/aromatic N) is 3. The molecular weight excluding hydrogens is 416 g/mol. The zero-order valence-corrected chi connectivity index (χ0v) is 18.6. The van der Waals surface area contributed by atoms with Crippen LogP contribution in [0.4, 0.5) is 17.3 Å². The molecule has 0 aliphatic carbocycles. The predicted molar refractivity (Wildman–Crippen MR) is 129 cm³/mol. The molecule has 33 heavy (non-hydrogen) atoms. The van der Waals surface area contributed by atoms with Crippen molar-refractivity contribution in [2.24, 2.45) is 0 Å². The number of nitrogens with one attached hydrogen (secondary N) is 1. The van der Waals surface area contributed by atoms with E-state index in [1.54, 1.807) is 6.20 Å². The van der Waals surface area contributed by atoms with Crippen LogP contribution >= 0.6 is 0 Å². The van der Waals surface area contributed by atoms with Crippen LogP contribution in [0, 0.1) is 0 Å². The molecule has 3 heterocycles. The number of benzene rings is 2. The Morgan fingerprint density at radius 1 is 0.909 bits per heavy atom. The van der Waals surface area contributed by atoms with Gasteiger partial charge in [-0.25, -0.2) is 9.97 Å². The van der Waals surface area contributed by atoms with Crippen LogP contribution in [-0.4, -0.2) is 49.5 Å². The summed E-state index contributed by atoms with van der Waals surface area (Å²) in [5, 5.41) is 3.36. The number of anilines is 3. The highest BCUT2D eigenvalue weighted by molar-refractivity contribution is 5.66. The lowest BCUT2D eigenvalue weighted by molar-refractivity contribution is 0.121. The second-order valence-electron chi connectivity index (χ2n) is 7.98. The number of ether oxygens (including phenoxy) is 3. The van der Waals surface area contributed by atoms with Crippen molar-refractivity contribution in [3.05, 3.63) is 72.4 Å². The highest BCUT2D eigenvalue weighted by Crippen LogP contribution is 2.28. The number of hydrogen-bond acceptors (Lipinski definition) is 7. The standard InChI is InChI=1S/C26H28N4O3/c1-2-13-32-19-21-17-22(7-8-25(21)30-11-15-31-16-12-30)28-26-27-10-9-24(29-26)20-5-4-6-23(18-20)33-14-3-1/h1-2,4-10,17-18H,3,11-16,19H2,(H,27,28,29). The summed E-state index contributed by atoms with van der Waals surface area (Å²) in [5.41, 5.74) is 5.07. The minimum atomic E-state index is 0.522. The number of aromatic nitrogens is 2. The van der Waals surface area contributed by atoms with E-state index in [-0.39, 0.29) is 0 Å². The molecule has 2 aliphatic rings. The summed E-state index contributed by atoms with van der Waals surface area (Å²) in [4.78, 5) is 11.5. The highest BCUT2D eigenvalue weighted by atomic mass is 16.5. The topological polar surface area (TPSA) is 68.7 Å². The molecule has 170 valence electrons. The average molecular weight is 445 g/mol. The molecule has 0 amide bonds. The van der Waals surface area contributed by atoms with Gasteiger partial charge in [0.15, 0.2) is 0 Å². The number of rotatable bonds is 1. The van der Waals surface area contributed by atoms with Crippen molar-refractivity contribution in [1.82, 2.24) is 9.97 Å². The van der Waals surface area contributed by atoms with Crippen LogP contribution < -0.4 is 15.0 Å². The van der Waals surface area contributed by atoms with Gasteiger partial charge in [0.05, 0.1) is 38.7 Å². The van der Waals surface area contributed by atoms with Gasteiger partial charge in [-0.05, 0) is 42.8 Å². The van der Waals surface area contributed by atoms with E-state index in [2.05, 4.69) is 45.6 Å². The van der Waals surface area contributed by atoms with E-state index < -0.39 is 0 Å². The van der Waals surface area contributed by atoms with Gasteiger partial charge in [0.2, 0.25) is 5.95 Å². The normalized spacial score (nSPS) is 16.8. The Hall–Kier alpha value is -3.42. The lowest BCUT2D eigenvalue weighted by Gasteiger charge is -2.31. The molecule has 1 N–H and O–H groups in total. The Bertz CT molecular complexity index is 1110. The molecule has 7 nitrogen and oxygen atoms in total. The molecular formula is C26H28N4O3. The van der Waals surface area contributed by atoms with Crippen LogP contribution in [-0.2, 0) is 16.1 Å². The molecule has 2 aromatic carbocycles. The minimum absolute atomic E-state index is 0.522. The van der Waals surface area contributed by atoms with Crippen LogP contribution in [0.3, 0.4) is 0 Å². The van der Waals surface area contributed by atoms with Gasteiger partial charge < -0.3 is 24.4 Å². The van der Waals surface area contributed by atoms with E-state index in [4.69, 9.17) is 19.2 Å². The Morgan fingerprint density at radius 2 is 1.85 bits per heavy atom. The van der Waals surface area contributed by atoms with Crippen LogP contribution in [0.25, 0.3) is 11.3 Å². The summed E-state index contributed by atoms with van der Waals surface area (Å²) in [6.45, 7) is 4.93. The summed E-state index contributed by atoms with van der Waals surface area (Å²) in [6.07, 6.45) is 6.75. The molecule has 0 radical (unpaired) electrons. The monoisotopic (exact) mass is 444 g/mol. The van der Waals surface area contributed by atoms with Crippen LogP contribution in [0.1, 0.15) is 12.0 Å². The van der Waals surface area contributed by atoms with Gasteiger partial charge in [0, 0.05) is 41.8 Å². The average Bonchev–Trinajstić information content (AvgIpc) is 2.86. The molecule has 2 aliphatic heterocycles. The molecule has 1 aromatic heterocycles. The maximum atomic E-state index is 5.98. The fourth-order valence-electron chi connectivity index (χ4n) is 4.01. The lowest BCUT2D eigenvalue weighted by atomic mass is 10.1. The van der Waals surface area contributed by atoms with Crippen molar-refractivity contribution in [2.45, 2.75) is 13.0 Å². The maximum Gasteiger partial charge on any atom is 0.227 e. The quantitative estimate of drug-likeness (QED) is 0.551. The van der Waals surface area contributed by atoms with Crippen molar-refractivity contribution >= 4 is 17.3 Å². The van der Waals surface area contributed by atoms with Gasteiger partial charge in [-0.15, -0.1) is 0 Å². The van der Waals surface area contributed by atoms with Gasteiger partial charge in [0.25, 0.3) is 0 Å². The maximum absolute atomic E-state index is 5.98. The molecule has 0 spiro atoms. The summed E-state index contributed by atoms with van der Waals surface area (Å²) in [5.74, 6) is 1.38. The van der Waals surface area contributed by atoms with E-state index in [1.807, 2.05) is 30.3 Å². The van der Waals surface area contributed by atoms with Gasteiger partial charge in [0.1, 0.15) is 5.75 Å². The molecule has 3 aromatic rings. The lowest BCUT2D eigenvalue weighted by Crippen LogP contribution is -2.36. The Morgan fingerprint density at radius 3 is 2.79 bits per heavy atom. The van der Waals surface area contributed by atoms with E-state index in [0.29, 0.717) is 25.8 Å². The number of hydrogen-bond donors (Lipinski definition) is 1. The Kier molecular flexibility index (Phi) is 6.79. The Labute approximate surface area is 194 Å². The summed E-state index contributed by atoms with van der Waals surface area (Å²) in [7, 11) is 0. The van der Waals surface area contributed by atoms with Crippen molar-refractivity contribution in [2.75, 3.05) is 49.7 Å². The van der Waals surface area contributed by atoms with Gasteiger partial charge >= 0.3 is 0 Å². The van der Waals surface area contributed by atoms with Crippen molar-refractivity contribution in [3.63, 3.8) is 0 Å². The number of fused-ring (bicyclic) bond motifs is 7. The zero-order valence-electron chi connectivity index (χ0n) is 18.6. The van der Waals surface area contributed by atoms with E-state index in [9.17, 15) is 0 Å². The van der Waals surface area contributed by atoms with Gasteiger partial charge in [-0.2, -0.15) is 0 Å². The third-order valence-corrected chi connectivity index (χ3v) is 5.66. The first kappa shape index (κ1) is 21.4. The number of morpholine rings is 1. The summed E-state index contributed by atoms with van der Waals surface area (Å²) in [6, 6.07) is 16.2. The first-order valence-corrected chi connectivity index (χ1v) is 11.4. The minimum Gasteiger partial charge on any atom is -0.493 e. The molecule has 0 unspecified atom stereocenters. The van der Waals surface area contributed by atoms with Crippen LogP contribution in [0.5, 0.6) is 5.75 Å². The SMILES string of the molecule is C1=CCOCc2cc(ccc2N2CCOCC2)Nc2nccc(n2)-c2cccc(c2)OCC1. The van der Waals surface area contributed by atoms with Crippen molar-refractivity contribution in [1.29, 1.82) is 0 Å². The third-order valence-electron chi connectivity index (χ3n) is 5.66. The first-order chi connectivity index (χ1) is 16.3. The van der Waals surface area contributed by atoms with Crippen molar-refractivity contribution in [3.8, 4) is 17.0 Å². The van der Waals surface area contributed by atoms with E-state index in [0.717, 1.165) is 61.0 Å². The Balaban J connectivity index is 1.47. The third kappa shape index (κ3) is 5.50. The second-order valence-corrected chi connectivity index (χ2v) is 7.98.